The number of rotatable bonds is 6. The van der Waals surface area contributed by atoms with E-state index in [9.17, 15) is 14.9 Å². The molecule has 7 nitrogen and oxygen atoms in total. The van der Waals surface area contributed by atoms with Gasteiger partial charge in [0.05, 0.1) is 27.6 Å². The lowest BCUT2D eigenvalue weighted by Gasteiger charge is -2.01. The highest BCUT2D eigenvalue weighted by Crippen LogP contribution is 2.30. The monoisotopic (exact) mass is 442 g/mol. The summed E-state index contributed by atoms with van der Waals surface area (Å²) in [5.74, 6) is -0.205. The molecule has 4 rings (SSSR count). The number of aryl methyl sites for hydroxylation is 1. The number of anilines is 1. The summed E-state index contributed by atoms with van der Waals surface area (Å²) in [5, 5.41) is 20.9. The number of thiazole rings is 2. The molecule has 10 heteroatoms. The van der Waals surface area contributed by atoms with Crippen LogP contribution in [0.25, 0.3) is 21.1 Å². The lowest BCUT2D eigenvalue weighted by atomic mass is 10.1. The Morgan fingerprint density at radius 3 is 2.79 bits per heavy atom. The van der Waals surface area contributed by atoms with Crippen LogP contribution in [0.1, 0.15) is 11.3 Å². The highest BCUT2D eigenvalue weighted by molar-refractivity contribution is 7.20. The first-order valence-corrected chi connectivity index (χ1v) is 11.1. The topological polar surface area (TPSA) is 98.0 Å². The molecule has 0 aliphatic heterocycles. The predicted molar refractivity (Wildman–Crippen MR) is 117 cm³/mol. The number of aromatic nitrogens is 2. The van der Waals surface area contributed by atoms with Crippen molar-refractivity contribution in [3.8, 4) is 21.1 Å². The van der Waals surface area contributed by atoms with E-state index in [-0.39, 0.29) is 18.0 Å². The van der Waals surface area contributed by atoms with Gasteiger partial charge in [-0.3, -0.25) is 14.9 Å². The van der Waals surface area contributed by atoms with Gasteiger partial charge in [-0.1, -0.05) is 18.2 Å². The smallest absolute Gasteiger partial charge is 0.272 e. The Bertz CT molecular complexity index is 1180. The molecule has 1 N–H and O–H groups in total. The fourth-order valence-corrected chi connectivity index (χ4v) is 5.03. The van der Waals surface area contributed by atoms with Gasteiger partial charge in [0.25, 0.3) is 5.69 Å². The van der Waals surface area contributed by atoms with Crippen molar-refractivity contribution in [2.24, 2.45) is 0 Å². The molecule has 0 spiro atoms. The molecule has 0 aliphatic rings. The molecule has 0 saturated heterocycles. The standard InChI is InChI=1S/C19H14N4O3S3/c1-11-4-5-12(7-15(11)23(25)26)14-10-29-19(21-14)22-17(24)8-13-9-28-18(20-13)16-3-2-6-27-16/h2-7,9-10H,8H2,1H3,(H,21,22,24). The summed E-state index contributed by atoms with van der Waals surface area (Å²) >= 11 is 4.40. The van der Waals surface area contributed by atoms with Crippen molar-refractivity contribution in [2.75, 3.05) is 5.32 Å². The number of nitro groups is 1. The van der Waals surface area contributed by atoms with Crippen molar-refractivity contribution in [2.45, 2.75) is 13.3 Å². The molecule has 1 aromatic carbocycles. The molecule has 146 valence electrons. The Kier molecular flexibility index (Phi) is 5.47. The molecule has 3 heterocycles. The highest BCUT2D eigenvalue weighted by atomic mass is 32.1. The van der Waals surface area contributed by atoms with Gasteiger partial charge in [0.1, 0.15) is 5.01 Å². The molecule has 0 saturated carbocycles. The van der Waals surface area contributed by atoms with Gasteiger partial charge in [0, 0.05) is 28.0 Å². The summed E-state index contributed by atoms with van der Waals surface area (Å²) in [6, 6.07) is 8.94. The Labute approximate surface area is 177 Å². The molecule has 0 radical (unpaired) electrons. The van der Waals surface area contributed by atoms with Gasteiger partial charge < -0.3 is 5.32 Å². The van der Waals surface area contributed by atoms with Crippen LogP contribution < -0.4 is 5.32 Å². The zero-order valence-electron chi connectivity index (χ0n) is 15.1. The fraction of sp³-hybridized carbons (Fsp3) is 0.105. The second kappa shape index (κ2) is 8.19. The fourth-order valence-electron chi connectivity index (χ4n) is 2.66. The number of nitro benzene ring substituents is 1. The average molecular weight is 443 g/mol. The Morgan fingerprint density at radius 1 is 1.17 bits per heavy atom. The van der Waals surface area contributed by atoms with E-state index in [0.717, 1.165) is 9.88 Å². The lowest BCUT2D eigenvalue weighted by molar-refractivity contribution is -0.385. The summed E-state index contributed by atoms with van der Waals surface area (Å²) in [6.45, 7) is 1.69. The first-order valence-electron chi connectivity index (χ1n) is 8.48. The number of thiophene rings is 1. The van der Waals surface area contributed by atoms with Crippen molar-refractivity contribution in [3.05, 3.63) is 67.8 Å². The minimum Gasteiger partial charge on any atom is -0.302 e. The van der Waals surface area contributed by atoms with Crippen LogP contribution in [-0.4, -0.2) is 20.8 Å². The molecular formula is C19H14N4O3S3. The van der Waals surface area contributed by atoms with Crippen molar-refractivity contribution in [3.63, 3.8) is 0 Å². The number of hydrogen-bond donors (Lipinski definition) is 1. The van der Waals surface area contributed by atoms with Crippen LogP contribution in [0.2, 0.25) is 0 Å². The number of amides is 1. The van der Waals surface area contributed by atoms with Gasteiger partial charge in [-0.2, -0.15) is 0 Å². The summed E-state index contributed by atoms with van der Waals surface area (Å²) in [7, 11) is 0. The maximum atomic E-state index is 12.3. The first-order chi connectivity index (χ1) is 14.0. The Hall–Kier alpha value is -2.95. The van der Waals surface area contributed by atoms with Crippen LogP contribution >= 0.6 is 34.0 Å². The predicted octanol–water partition coefficient (Wildman–Crippen LogP) is 5.39. The van der Waals surface area contributed by atoms with E-state index < -0.39 is 4.92 Å². The molecule has 0 fully saturated rings. The summed E-state index contributed by atoms with van der Waals surface area (Å²) in [4.78, 5) is 33.0. The molecule has 4 aromatic rings. The van der Waals surface area contributed by atoms with Crippen LogP contribution in [-0.2, 0) is 11.2 Å². The molecule has 1 amide bonds. The summed E-state index contributed by atoms with van der Waals surface area (Å²) in [5.41, 5.74) is 2.57. The van der Waals surface area contributed by atoms with Crippen molar-refractivity contribution < 1.29 is 9.72 Å². The minimum atomic E-state index is -0.411. The van der Waals surface area contributed by atoms with E-state index in [1.807, 2.05) is 22.9 Å². The molecular weight excluding hydrogens is 428 g/mol. The van der Waals surface area contributed by atoms with E-state index in [0.29, 0.717) is 27.6 Å². The lowest BCUT2D eigenvalue weighted by Crippen LogP contribution is -2.14. The van der Waals surface area contributed by atoms with Crippen LogP contribution in [0.15, 0.2) is 46.5 Å². The van der Waals surface area contributed by atoms with E-state index in [1.165, 1.54) is 28.7 Å². The van der Waals surface area contributed by atoms with Gasteiger partial charge in [0.2, 0.25) is 5.91 Å². The third-order valence-corrected chi connectivity index (χ3v) is 6.77. The van der Waals surface area contributed by atoms with E-state index in [1.54, 1.807) is 35.8 Å². The van der Waals surface area contributed by atoms with Crippen molar-refractivity contribution >= 4 is 50.7 Å². The quantitative estimate of drug-likeness (QED) is 0.319. The normalized spacial score (nSPS) is 10.8. The zero-order chi connectivity index (χ0) is 20.4. The Morgan fingerprint density at radius 2 is 2.03 bits per heavy atom. The number of nitrogens with zero attached hydrogens (tertiary/aromatic N) is 3. The van der Waals surface area contributed by atoms with Gasteiger partial charge in [-0.05, 0) is 18.4 Å². The van der Waals surface area contributed by atoms with Gasteiger partial charge >= 0.3 is 0 Å². The Balaban J connectivity index is 1.43. The van der Waals surface area contributed by atoms with Gasteiger partial charge in [0.15, 0.2) is 5.13 Å². The molecule has 29 heavy (non-hydrogen) atoms. The number of hydrogen-bond acceptors (Lipinski definition) is 8. The highest BCUT2D eigenvalue weighted by Gasteiger charge is 2.15. The van der Waals surface area contributed by atoms with Crippen LogP contribution in [0.5, 0.6) is 0 Å². The molecule has 3 aromatic heterocycles. The maximum Gasteiger partial charge on any atom is 0.272 e. The van der Waals surface area contributed by atoms with Gasteiger partial charge in [-0.15, -0.1) is 34.0 Å². The zero-order valence-corrected chi connectivity index (χ0v) is 17.6. The second-order valence-electron chi connectivity index (χ2n) is 6.14. The third-order valence-electron chi connectivity index (χ3n) is 4.08. The number of nitrogens with one attached hydrogen (secondary N) is 1. The third kappa shape index (κ3) is 4.39. The second-order valence-corrected chi connectivity index (χ2v) is 8.81. The maximum absolute atomic E-state index is 12.3. The van der Waals surface area contributed by atoms with E-state index in [2.05, 4.69) is 15.3 Å². The van der Waals surface area contributed by atoms with Crippen molar-refractivity contribution in [1.29, 1.82) is 0 Å². The van der Waals surface area contributed by atoms with Crippen LogP contribution in [0.4, 0.5) is 10.8 Å². The summed E-state index contributed by atoms with van der Waals surface area (Å²) < 4.78 is 0. The number of benzene rings is 1. The SMILES string of the molecule is Cc1ccc(-c2csc(NC(=O)Cc3csc(-c4cccs4)n3)n2)cc1[N+](=O)[O-]. The molecule has 0 atom stereocenters. The minimum absolute atomic E-state index is 0.0474. The van der Waals surface area contributed by atoms with Gasteiger partial charge in [-0.25, -0.2) is 9.97 Å². The molecule has 0 aliphatic carbocycles. The first kappa shape index (κ1) is 19.4. The van der Waals surface area contributed by atoms with Crippen LogP contribution in [0, 0.1) is 17.0 Å². The van der Waals surface area contributed by atoms with E-state index in [4.69, 9.17) is 0 Å². The van der Waals surface area contributed by atoms with Crippen molar-refractivity contribution in [1.82, 2.24) is 9.97 Å². The summed E-state index contributed by atoms with van der Waals surface area (Å²) in [6.07, 6.45) is 0.160. The molecule has 0 unspecified atom stereocenters. The average Bonchev–Trinajstić information content (AvgIpc) is 3.43. The number of carbonyl (C=O) groups is 1. The van der Waals surface area contributed by atoms with E-state index >= 15 is 0 Å². The largest absolute Gasteiger partial charge is 0.302 e. The van der Waals surface area contributed by atoms with Crippen LogP contribution in [0.3, 0.4) is 0 Å². The number of carbonyl (C=O) groups excluding carboxylic acids is 1. The molecule has 0 bridgehead atoms.